The van der Waals surface area contributed by atoms with Crippen molar-refractivity contribution in [3.05, 3.63) is 59.4 Å². The molecule has 29 heavy (non-hydrogen) atoms. The van der Waals surface area contributed by atoms with Gasteiger partial charge in [0, 0.05) is 43.6 Å². The van der Waals surface area contributed by atoms with Gasteiger partial charge in [0.2, 0.25) is 5.95 Å². The summed E-state index contributed by atoms with van der Waals surface area (Å²) in [7, 11) is 0. The summed E-state index contributed by atoms with van der Waals surface area (Å²) in [5, 5.41) is 8.09. The van der Waals surface area contributed by atoms with Crippen LogP contribution in [0.5, 0.6) is 0 Å². The Morgan fingerprint density at radius 3 is 2.41 bits per heavy atom. The lowest BCUT2D eigenvalue weighted by molar-refractivity contribution is 0.0766. The van der Waals surface area contributed by atoms with E-state index in [1.54, 1.807) is 4.90 Å². The van der Waals surface area contributed by atoms with E-state index < -0.39 is 5.82 Å². The Hall–Kier alpha value is -3.36. The summed E-state index contributed by atoms with van der Waals surface area (Å²) in [6.45, 7) is 6.42. The number of carbonyl (C=O) groups is 1. The highest BCUT2D eigenvalue weighted by molar-refractivity contribution is 5.97. The van der Waals surface area contributed by atoms with Crippen molar-refractivity contribution in [3.63, 3.8) is 0 Å². The molecule has 0 radical (unpaired) electrons. The number of aromatic nitrogens is 5. The minimum atomic E-state index is -0.442. The SMILES string of the molecule is Cc1cc(C)nc(N2CCCN(C(=O)c3ccc(F)cc3-n3nccn3)CC2)n1. The first-order chi connectivity index (χ1) is 14.0. The van der Waals surface area contributed by atoms with E-state index in [9.17, 15) is 9.18 Å². The molecule has 2 aromatic heterocycles. The van der Waals surface area contributed by atoms with E-state index in [4.69, 9.17) is 0 Å². The molecule has 1 aromatic carbocycles. The van der Waals surface area contributed by atoms with E-state index in [0.717, 1.165) is 24.4 Å². The molecule has 0 aliphatic carbocycles. The van der Waals surface area contributed by atoms with Gasteiger partial charge in [-0.3, -0.25) is 4.79 Å². The van der Waals surface area contributed by atoms with Crippen molar-refractivity contribution < 1.29 is 9.18 Å². The van der Waals surface area contributed by atoms with Gasteiger partial charge in [-0.15, -0.1) is 0 Å². The smallest absolute Gasteiger partial charge is 0.256 e. The maximum atomic E-state index is 13.8. The Bertz CT molecular complexity index is 1000. The van der Waals surface area contributed by atoms with Crippen LogP contribution in [-0.2, 0) is 0 Å². The Labute approximate surface area is 168 Å². The van der Waals surface area contributed by atoms with Crippen LogP contribution in [0.1, 0.15) is 28.2 Å². The second-order valence-electron chi connectivity index (χ2n) is 7.06. The van der Waals surface area contributed by atoms with Crippen LogP contribution in [-0.4, -0.2) is 61.9 Å². The lowest BCUT2D eigenvalue weighted by Crippen LogP contribution is -2.36. The number of anilines is 1. The van der Waals surface area contributed by atoms with Gasteiger partial charge in [-0.2, -0.15) is 15.0 Å². The van der Waals surface area contributed by atoms with Gasteiger partial charge in [-0.05, 0) is 38.5 Å². The first kappa shape index (κ1) is 19.0. The van der Waals surface area contributed by atoms with Crippen LogP contribution in [0.15, 0.2) is 36.7 Å². The molecule has 8 nitrogen and oxygen atoms in total. The van der Waals surface area contributed by atoms with E-state index in [0.29, 0.717) is 36.8 Å². The second kappa shape index (κ2) is 7.94. The van der Waals surface area contributed by atoms with E-state index in [1.807, 2.05) is 19.9 Å². The van der Waals surface area contributed by atoms with Crippen molar-refractivity contribution in [2.24, 2.45) is 0 Å². The molecule has 1 amide bonds. The van der Waals surface area contributed by atoms with Crippen LogP contribution in [0.4, 0.5) is 10.3 Å². The van der Waals surface area contributed by atoms with Gasteiger partial charge >= 0.3 is 0 Å². The van der Waals surface area contributed by atoms with Crippen molar-refractivity contribution in [1.82, 2.24) is 29.9 Å². The van der Waals surface area contributed by atoms with Gasteiger partial charge in [0.25, 0.3) is 5.91 Å². The standard InChI is InChI=1S/C20H22FN7O/c1-14-12-15(2)25-20(24-14)27-9-3-8-26(10-11-27)19(29)17-5-4-16(21)13-18(17)28-22-6-7-23-28/h4-7,12-13H,3,8-11H2,1-2H3. The van der Waals surface area contributed by atoms with E-state index in [-0.39, 0.29) is 5.91 Å². The fraction of sp³-hybridized carbons (Fsp3) is 0.350. The van der Waals surface area contributed by atoms with Crippen molar-refractivity contribution in [2.45, 2.75) is 20.3 Å². The molecule has 0 bridgehead atoms. The molecule has 0 saturated carbocycles. The predicted molar refractivity (Wildman–Crippen MR) is 106 cm³/mol. The molecule has 1 saturated heterocycles. The van der Waals surface area contributed by atoms with Crippen LogP contribution >= 0.6 is 0 Å². The molecule has 0 atom stereocenters. The summed E-state index contributed by atoms with van der Waals surface area (Å²) in [6, 6.07) is 6.00. The van der Waals surface area contributed by atoms with Crippen molar-refractivity contribution in [3.8, 4) is 5.69 Å². The zero-order chi connectivity index (χ0) is 20.4. The van der Waals surface area contributed by atoms with Crippen LogP contribution in [0.2, 0.25) is 0 Å². The number of hydrogen-bond donors (Lipinski definition) is 0. The highest BCUT2D eigenvalue weighted by Gasteiger charge is 2.24. The van der Waals surface area contributed by atoms with Crippen LogP contribution in [0.3, 0.4) is 0 Å². The highest BCUT2D eigenvalue weighted by Crippen LogP contribution is 2.19. The maximum absolute atomic E-state index is 13.8. The second-order valence-corrected chi connectivity index (χ2v) is 7.06. The average Bonchev–Trinajstić information content (AvgIpc) is 3.11. The number of benzene rings is 1. The Morgan fingerprint density at radius 2 is 1.69 bits per heavy atom. The summed E-state index contributed by atoms with van der Waals surface area (Å²) < 4.78 is 13.8. The lowest BCUT2D eigenvalue weighted by atomic mass is 10.1. The molecule has 150 valence electrons. The molecule has 4 rings (SSSR count). The Balaban J connectivity index is 1.55. The van der Waals surface area contributed by atoms with Crippen molar-refractivity contribution in [2.75, 3.05) is 31.1 Å². The molecule has 0 unspecified atom stereocenters. The van der Waals surface area contributed by atoms with Gasteiger partial charge in [0.05, 0.1) is 18.0 Å². The number of amides is 1. The number of hydrogen-bond acceptors (Lipinski definition) is 6. The molecule has 1 fully saturated rings. The molecule has 3 aromatic rings. The number of aryl methyl sites for hydroxylation is 2. The average molecular weight is 395 g/mol. The van der Waals surface area contributed by atoms with E-state index in [1.165, 1.54) is 35.4 Å². The van der Waals surface area contributed by atoms with E-state index >= 15 is 0 Å². The van der Waals surface area contributed by atoms with Gasteiger partial charge < -0.3 is 9.80 Å². The minimum absolute atomic E-state index is 0.166. The van der Waals surface area contributed by atoms with Gasteiger partial charge in [0.1, 0.15) is 11.5 Å². The fourth-order valence-electron chi connectivity index (χ4n) is 3.53. The Kier molecular flexibility index (Phi) is 5.20. The summed E-state index contributed by atoms with van der Waals surface area (Å²) in [6.07, 6.45) is 3.78. The summed E-state index contributed by atoms with van der Waals surface area (Å²) in [5.74, 6) is 0.0864. The summed E-state index contributed by atoms with van der Waals surface area (Å²) in [4.78, 5) is 27.4. The topological polar surface area (TPSA) is 80.0 Å². The summed E-state index contributed by atoms with van der Waals surface area (Å²) >= 11 is 0. The number of nitrogens with zero attached hydrogens (tertiary/aromatic N) is 7. The molecule has 0 N–H and O–H groups in total. The van der Waals surface area contributed by atoms with Crippen LogP contribution < -0.4 is 4.90 Å². The largest absolute Gasteiger partial charge is 0.339 e. The molecular formula is C20H22FN7O. The third-order valence-corrected chi connectivity index (χ3v) is 4.86. The fourth-order valence-corrected chi connectivity index (χ4v) is 3.53. The molecule has 3 heterocycles. The van der Waals surface area contributed by atoms with Crippen molar-refractivity contribution in [1.29, 1.82) is 0 Å². The zero-order valence-electron chi connectivity index (χ0n) is 16.4. The first-order valence-corrected chi connectivity index (χ1v) is 9.54. The number of rotatable bonds is 3. The molecule has 9 heteroatoms. The normalized spacial score (nSPS) is 14.7. The van der Waals surface area contributed by atoms with Gasteiger partial charge in [-0.1, -0.05) is 0 Å². The van der Waals surface area contributed by atoms with Gasteiger partial charge in [0.15, 0.2) is 0 Å². The summed E-state index contributed by atoms with van der Waals surface area (Å²) in [5.41, 5.74) is 2.55. The van der Waals surface area contributed by atoms with Crippen molar-refractivity contribution >= 4 is 11.9 Å². The van der Waals surface area contributed by atoms with Gasteiger partial charge in [-0.25, -0.2) is 14.4 Å². The zero-order valence-corrected chi connectivity index (χ0v) is 16.4. The lowest BCUT2D eigenvalue weighted by Gasteiger charge is -2.23. The third-order valence-electron chi connectivity index (χ3n) is 4.86. The predicted octanol–water partition coefficient (Wildman–Crippen LogP) is 2.17. The first-order valence-electron chi connectivity index (χ1n) is 9.54. The minimum Gasteiger partial charge on any atom is -0.339 e. The molecule has 1 aliphatic heterocycles. The quantitative estimate of drug-likeness (QED) is 0.676. The number of halogens is 1. The third kappa shape index (κ3) is 4.08. The molecule has 1 aliphatic rings. The number of carbonyl (C=O) groups excluding carboxylic acids is 1. The molecule has 0 spiro atoms. The monoisotopic (exact) mass is 395 g/mol. The van der Waals surface area contributed by atoms with Crippen LogP contribution in [0, 0.1) is 19.7 Å². The van der Waals surface area contributed by atoms with Crippen LogP contribution in [0.25, 0.3) is 5.69 Å². The maximum Gasteiger partial charge on any atom is 0.256 e. The van der Waals surface area contributed by atoms with E-state index in [2.05, 4.69) is 25.1 Å². The molecular weight excluding hydrogens is 373 g/mol. The highest BCUT2D eigenvalue weighted by atomic mass is 19.1. The Morgan fingerprint density at radius 1 is 0.966 bits per heavy atom.